The van der Waals surface area contributed by atoms with Gasteiger partial charge in [0.25, 0.3) is 0 Å². The number of benzene rings is 2. The van der Waals surface area contributed by atoms with E-state index in [0.717, 1.165) is 35.7 Å². The van der Waals surface area contributed by atoms with Crippen molar-refractivity contribution in [1.29, 1.82) is 0 Å². The molecular weight excluding hydrogens is 414 g/mol. The average molecular weight is 443 g/mol. The largest absolute Gasteiger partial charge is 0.394 e. The summed E-state index contributed by atoms with van der Waals surface area (Å²) in [5.41, 5.74) is 4.45. The van der Waals surface area contributed by atoms with Gasteiger partial charge in [0.05, 0.1) is 6.61 Å². The van der Waals surface area contributed by atoms with E-state index in [1.54, 1.807) is 12.1 Å². The molecule has 1 fully saturated rings. The van der Waals surface area contributed by atoms with Gasteiger partial charge in [0, 0.05) is 17.1 Å². The van der Waals surface area contributed by atoms with Gasteiger partial charge in [-0.3, -0.25) is 0 Å². The van der Waals surface area contributed by atoms with Gasteiger partial charge < -0.3 is 35.0 Å². The molecule has 1 saturated heterocycles. The number of hydrogen-bond donors (Lipinski definition) is 5. The molecule has 8 heteroatoms. The van der Waals surface area contributed by atoms with Gasteiger partial charge >= 0.3 is 0 Å². The van der Waals surface area contributed by atoms with E-state index in [2.05, 4.69) is 36.2 Å². The minimum atomic E-state index is -1.57. The summed E-state index contributed by atoms with van der Waals surface area (Å²) in [4.78, 5) is 14.0. The number of aromatic nitrogens is 1. The number of fused-ring (bicyclic) bond motifs is 1. The van der Waals surface area contributed by atoms with Crippen molar-refractivity contribution in [1.82, 2.24) is 4.98 Å². The fourth-order valence-corrected chi connectivity index (χ4v) is 3.99. The standard InChI is InChI=1S/C24H29NO7/c1-2-14-6-8-15(9-7-14)10-11-16-12-25-17-4-3-5-18(20(16)17)31-32-23-22(28)21(27)19(13-26)30-24(23)29/h3-9,12,19,21-29H,2,10-11,13H2,1H3/t19-,21-,22+,23-,24-/m1/s1. The minimum absolute atomic E-state index is 0.415. The lowest BCUT2D eigenvalue weighted by molar-refractivity contribution is -0.364. The predicted molar refractivity (Wildman–Crippen MR) is 117 cm³/mol. The van der Waals surface area contributed by atoms with Crippen molar-refractivity contribution in [3.63, 3.8) is 0 Å². The number of rotatable bonds is 8. The van der Waals surface area contributed by atoms with Crippen molar-refractivity contribution in [2.24, 2.45) is 0 Å². The fraction of sp³-hybridized carbons (Fsp3) is 0.417. The molecule has 8 nitrogen and oxygen atoms in total. The highest BCUT2D eigenvalue weighted by molar-refractivity contribution is 5.89. The van der Waals surface area contributed by atoms with E-state index in [1.807, 2.05) is 12.3 Å². The first kappa shape index (κ1) is 22.7. The number of ether oxygens (including phenoxy) is 1. The first-order valence-corrected chi connectivity index (χ1v) is 10.8. The fourth-order valence-electron chi connectivity index (χ4n) is 3.99. The summed E-state index contributed by atoms with van der Waals surface area (Å²) in [6.07, 6.45) is -2.36. The van der Waals surface area contributed by atoms with Crippen molar-refractivity contribution in [2.75, 3.05) is 6.61 Å². The van der Waals surface area contributed by atoms with E-state index in [1.165, 1.54) is 11.1 Å². The third kappa shape index (κ3) is 4.66. The molecule has 5 atom stereocenters. The molecule has 2 aromatic carbocycles. The van der Waals surface area contributed by atoms with Crippen molar-refractivity contribution in [2.45, 2.75) is 56.9 Å². The van der Waals surface area contributed by atoms with Gasteiger partial charge in [0.2, 0.25) is 0 Å². The van der Waals surface area contributed by atoms with Gasteiger partial charge in [0.15, 0.2) is 18.1 Å². The maximum Gasteiger partial charge on any atom is 0.188 e. The zero-order valence-corrected chi connectivity index (χ0v) is 17.8. The summed E-state index contributed by atoms with van der Waals surface area (Å²) in [6, 6.07) is 14.0. The second-order valence-corrected chi connectivity index (χ2v) is 8.04. The van der Waals surface area contributed by atoms with Crippen LogP contribution in [0.3, 0.4) is 0 Å². The predicted octanol–water partition coefficient (Wildman–Crippen LogP) is 1.63. The Labute approximate surface area is 185 Å². The van der Waals surface area contributed by atoms with Gasteiger partial charge in [-0.05, 0) is 48.1 Å². The summed E-state index contributed by atoms with van der Waals surface area (Å²) >= 11 is 0. The summed E-state index contributed by atoms with van der Waals surface area (Å²) in [5, 5.41) is 40.4. The Kier molecular flexibility index (Phi) is 7.10. The molecule has 0 bridgehead atoms. The van der Waals surface area contributed by atoms with E-state index in [0.29, 0.717) is 5.75 Å². The smallest absolute Gasteiger partial charge is 0.188 e. The quantitative estimate of drug-likeness (QED) is 0.265. The second-order valence-electron chi connectivity index (χ2n) is 8.04. The molecule has 172 valence electrons. The van der Waals surface area contributed by atoms with Crippen LogP contribution >= 0.6 is 0 Å². The SMILES string of the molecule is CCc1ccc(CCc2c[nH]c3cccc(OO[C@@H]4[C@@H](O)[C@H](O)[C@@H](CO)O[C@H]4O)c23)cc1. The topological polar surface area (TPSA) is 124 Å². The average Bonchev–Trinajstić information content (AvgIpc) is 3.24. The third-order valence-electron chi connectivity index (χ3n) is 5.96. The summed E-state index contributed by atoms with van der Waals surface area (Å²) in [6.45, 7) is 1.59. The van der Waals surface area contributed by atoms with Gasteiger partial charge in [0.1, 0.15) is 18.3 Å². The summed E-state index contributed by atoms with van der Waals surface area (Å²) in [5.74, 6) is 0.415. The zero-order chi connectivity index (χ0) is 22.7. The molecule has 1 aromatic heterocycles. The van der Waals surface area contributed by atoms with Crippen LogP contribution in [0.4, 0.5) is 0 Å². The number of hydrogen-bond acceptors (Lipinski definition) is 7. The van der Waals surface area contributed by atoms with Crippen LogP contribution in [-0.4, -0.2) is 62.7 Å². The highest BCUT2D eigenvalue weighted by Crippen LogP contribution is 2.31. The highest BCUT2D eigenvalue weighted by Gasteiger charge is 2.45. The number of H-pyrrole nitrogens is 1. The third-order valence-corrected chi connectivity index (χ3v) is 5.96. The Balaban J connectivity index is 1.48. The first-order valence-electron chi connectivity index (χ1n) is 10.8. The number of aromatic amines is 1. The molecule has 0 saturated carbocycles. The molecule has 2 heterocycles. The van der Waals surface area contributed by atoms with Crippen LogP contribution < -0.4 is 4.89 Å². The lowest BCUT2D eigenvalue weighted by Crippen LogP contribution is -2.59. The monoisotopic (exact) mass is 443 g/mol. The van der Waals surface area contributed by atoms with Crippen molar-refractivity contribution in [3.05, 3.63) is 65.4 Å². The molecular formula is C24H29NO7. The molecule has 32 heavy (non-hydrogen) atoms. The van der Waals surface area contributed by atoms with E-state index in [-0.39, 0.29) is 0 Å². The molecule has 0 unspecified atom stereocenters. The summed E-state index contributed by atoms with van der Waals surface area (Å²) in [7, 11) is 0. The Hall–Kier alpha value is -2.46. The van der Waals surface area contributed by atoms with Crippen LogP contribution in [0.15, 0.2) is 48.7 Å². The van der Waals surface area contributed by atoms with Gasteiger partial charge in [-0.1, -0.05) is 37.3 Å². The Morgan fingerprint density at radius 2 is 1.72 bits per heavy atom. The van der Waals surface area contributed by atoms with Gasteiger partial charge in [-0.15, -0.1) is 0 Å². The van der Waals surface area contributed by atoms with Gasteiger partial charge in [-0.2, -0.15) is 4.89 Å². The number of aliphatic hydroxyl groups excluding tert-OH is 4. The van der Waals surface area contributed by atoms with Crippen LogP contribution in [0, 0.1) is 0 Å². The molecule has 1 aliphatic rings. The lowest BCUT2D eigenvalue weighted by atomic mass is 9.99. The molecule has 0 spiro atoms. The lowest BCUT2D eigenvalue weighted by Gasteiger charge is -2.38. The van der Waals surface area contributed by atoms with Crippen molar-refractivity contribution < 1.29 is 34.9 Å². The van der Waals surface area contributed by atoms with Crippen LogP contribution in [0.5, 0.6) is 5.75 Å². The molecule has 0 radical (unpaired) electrons. The van der Waals surface area contributed by atoms with E-state index in [4.69, 9.17) is 14.5 Å². The molecule has 5 N–H and O–H groups in total. The number of aliphatic hydroxyl groups is 4. The Bertz CT molecular complexity index is 1020. The van der Waals surface area contributed by atoms with Crippen LogP contribution in [0.2, 0.25) is 0 Å². The maximum absolute atomic E-state index is 10.3. The van der Waals surface area contributed by atoms with Crippen LogP contribution in [0.25, 0.3) is 10.9 Å². The second kappa shape index (κ2) is 9.99. The van der Waals surface area contributed by atoms with E-state index >= 15 is 0 Å². The van der Waals surface area contributed by atoms with Gasteiger partial charge in [-0.25, -0.2) is 0 Å². The molecule has 3 aromatic rings. The zero-order valence-electron chi connectivity index (χ0n) is 17.8. The van der Waals surface area contributed by atoms with E-state index < -0.39 is 37.3 Å². The molecule has 0 aliphatic carbocycles. The minimum Gasteiger partial charge on any atom is -0.394 e. The van der Waals surface area contributed by atoms with Crippen molar-refractivity contribution in [3.8, 4) is 5.75 Å². The van der Waals surface area contributed by atoms with E-state index in [9.17, 15) is 20.4 Å². The molecule has 1 aliphatic heterocycles. The molecule has 4 rings (SSSR count). The first-order chi connectivity index (χ1) is 15.5. The number of aryl methyl sites for hydroxylation is 3. The summed E-state index contributed by atoms with van der Waals surface area (Å²) < 4.78 is 5.10. The molecule has 0 amide bonds. The Morgan fingerprint density at radius 3 is 2.44 bits per heavy atom. The highest BCUT2D eigenvalue weighted by atomic mass is 17.2. The van der Waals surface area contributed by atoms with Crippen molar-refractivity contribution >= 4 is 10.9 Å². The van der Waals surface area contributed by atoms with Crippen LogP contribution in [-0.2, 0) is 28.9 Å². The maximum atomic E-state index is 10.3. The Morgan fingerprint density at radius 1 is 0.969 bits per heavy atom. The number of nitrogens with one attached hydrogen (secondary N) is 1. The normalized spacial score (nSPS) is 25.8. The van der Waals surface area contributed by atoms with Crippen LogP contribution in [0.1, 0.15) is 23.6 Å².